The number of aliphatic imine (C=N–C) groups is 1. The Bertz CT molecular complexity index is 963. The van der Waals surface area contributed by atoms with E-state index in [0.29, 0.717) is 22.6 Å². The number of nitriles is 1. The number of carbonyl (C=O) groups is 1. The summed E-state index contributed by atoms with van der Waals surface area (Å²) in [5.74, 6) is 0.690. The molecule has 3 rings (SSSR count). The summed E-state index contributed by atoms with van der Waals surface area (Å²) in [6.07, 6.45) is 1.43. The average molecular weight is 371 g/mol. The van der Waals surface area contributed by atoms with E-state index in [1.54, 1.807) is 32.0 Å². The molecule has 2 aromatic rings. The Balaban J connectivity index is 1.97. The summed E-state index contributed by atoms with van der Waals surface area (Å²) >= 11 is 6.21. The molecule has 0 fully saturated rings. The van der Waals surface area contributed by atoms with Crippen LogP contribution in [0.3, 0.4) is 0 Å². The van der Waals surface area contributed by atoms with Crippen molar-refractivity contribution in [2.24, 2.45) is 4.99 Å². The molecule has 7 nitrogen and oxygen atoms in total. The van der Waals surface area contributed by atoms with Gasteiger partial charge in [0, 0.05) is 6.92 Å². The number of hydrogen-bond donors (Lipinski definition) is 1. The van der Waals surface area contributed by atoms with E-state index in [-0.39, 0.29) is 22.7 Å². The van der Waals surface area contributed by atoms with Crippen molar-refractivity contribution in [2.75, 3.05) is 5.32 Å². The molecule has 0 spiro atoms. The molecule has 1 N–H and O–H groups in total. The molecule has 0 bridgehead atoms. The number of halogens is 1. The summed E-state index contributed by atoms with van der Waals surface area (Å²) in [6, 6.07) is 8.58. The molecule has 1 aliphatic heterocycles. The van der Waals surface area contributed by atoms with Gasteiger partial charge in [0.2, 0.25) is 17.7 Å². The fourth-order valence-corrected chi connectivity index (χ4v) is 2.60. The maximum atomic E-state index is 11.1. The zero-order valence-corrected chi connectivity index (χ0v) is 15.1. The standard InChI is InChI=1S/C18H15ClN4O3/c1-10(24)22-12-7-14(19)17(21-9-12)25-16-13-6-11(8-20)4-5-15(13)26-18(2,3)23-16/h4-7,9H,1-3H3,(H,22,24). The summed E-state index contributed by atoms with van der Waals surface area (Å²) in [7, 11) is 0. The zero-order valence-electron chi connectivity index (χ0n) is 14.3. The van der Waals surface area contributed by atoms with Gasteiger partial charge in [-0.15, -0.1) is 0 Å². The lowest BCUT2D eigenvalue weighted by Gasteiger charge is -2.29. The summed E-state index contributed by atoms with van der Waals surface area (Å²) in [4.78, 5) is 19.7. The second kappa shape index (κ2) is 6.65. The molecular weight excluding hydrogens is 356 g/mol. The first-order valence-corrected chi connectivity index (χ1v) is 8.09. The molecule has 1 aliphatic rings. The van der Waals surface area contributed by atoms with Crippen LogP contribution in [0.1, 0.15) is 31.9 Å². The quantitative estimate of drug-likeness (QED) is 0.872. The topological polar surface area (TPSA) is 96.6 Å². The van der Waals surface area contributed by atoms with Gasteiger partial charge in [-0.3, -0.25) is 4.79 Å². The van der Waals surface area contributed by atoms with Gasteiger partial charge in [0.25, 0.3) is 0 Å². The first kappa shape index (κ1) is 17.7. The van der Waals surface area contributed by atoms with E-state index in [1.165, 1.54) is 19.2 Å². The van der Waals surface area contributed by atoms with Crippen LogP contribution >= 0.6 is 11.6 Å². The Morgan fingerprint density at radius 1 is 1.38 bits per heavy atom. The van der Waals surface area contributed by atoms with Crippen molar-refractivity contribution < 1.29 is 14.3 Å². The van der Waals surface area contributed by atoms with Gasteiger partial charge in [-0.05, 0) is 38.1 Å². The number of benzene rings is 1. The van der Waals surface area contributed by atoms with Crippen LogP contribution in [-0.4, -0.2) is 22.5 Å². The first-order valence-electron chi connectivity index (χ1n) is 7.72. The Hall–Kier alpha value is -3.11. The third-order valence-corrected chi connectivity index (χ3v) is 3.66. The van der Waals surface area contributed by atoms with Crippen LogP contribution in [0.15, 0.2) is 35.5 Å². The van der Waals surface area contributed by atoms with Gasteiger partial charge in [-0.2, -0.15) is 5.26 Å². The van der Waals surface area contributed by atoms with E-state index in [2.05, 4.69) is 21.4 Å². The van der Waals surface area contributed by atoms with Gasteiger partial charge in [0.1, 0.15) is 10.8 Å². The van der Waals surface area contributed by atoms with Crippen LogP contribution in [0.4, 0.5) is 5.69 Å². The molecule has 0 radical (unpaired) electrons. The van der Waals surface area contributed by atoms with Crippen molar-refractivity contribution in [3.63, 3.8) is 0 Å². The Kier molecular flexibility index (Phi) is 4.53. The molecule has 0 aliphatic carbocycles. The summed E-state index contributed by atoms with van der Waals surface area (Å²) in [5.41, 5.74) is 0.589. The molecule has 0 saturated heterocycles. The number of rotatable bonds is 2. The molecule has 1 aromatic heterocycles. The molecule has 1 aromatic carbocycles. The highest BCUT2D eigenvalue weighted by Crippen LogP contribution is 2.33. The minimum absolute atomic E-state index is 0.130. The minimum atomic E-state index is -0.848. The monoisotopic (exact) mass is 370 g/mol. The summed E-state index contributed by atoms with van der Waals surface area (Å²) in [5, 5.41) is 11.9. The summed E-state index contributed by atoms with van der Waals surface area (Å²) in [6.45, 7) is 4.96. The lowest BCUT2D eigenvalue weighted by atomic mass is 10.1. The minimum Gasteiger partial charge on any atom is -0.466 e. The van der Waals surface area contributed by atoms with Crippen LogP contribution in [-0.2, 0) is 4.79 Å². The van der Waals surface area contributed by atoms with Gasteiger partial charge in [0.15, 0.2) is 5.72 Å². The largest absolute Gasteiger partial charge is 0.466 e. The van der Waals surface area contributed by atoms with Gasteiger partial charge in [-0.25, -0.2) is 9.98 Å². The SMILES string of the molecule is CC(=O)Nc1cnc(OC2=NC(C)(C)Oc3ccc(C#N)cc32)c(Cl)c1. The predicted octanol–water partition coefficient (Wildman–Crippen LogP) is 3.52. The second-order valence-corrected chi connectivity index (χ2v) is 6.49. The molecule has 0 atom stereocenters. The lowest BCUT2D eigenvalue weighted by Crippen LogP contribution is -2.34. The fourth-order valence-electron chi connectivity index (χ4n) is 2.39. The van der Waals surface area contributed by atoms with Crippen LogP contribution in [0, 0.1) is 11.3 Å². The number of ether oxygens (including phenoxy) is 2. The number of anilines is 1. The number of nitrogens with zero attached hydrogens (tertiary/aromatic N) is 3. The predicted molar refractivity (Wildman–Crippen MR) is 96.6 cm³/mol. The number of amides is 1. The Labute approximate surface area is 155 Å². The summed E-state index contributed by atoms with van der Waals surface area (Å²) < 4.78 is 11.6. The van der Waals surface area contributed by atoms with Crippen molar-refractivity contribution >= 4 is 29.1 Å². The fraction of sp³-hybridized carbons (Fsp3) is 0.222. The maximum Gasteiger partial charge on any atom is 0.240 e. The highest BCUT2D eigenvalue weighted by Gasteiger charge is 2.30. The molecule has 0 saturated carbocycles. The highest BCUT2D eigenvalue weighted by molar-refractivity contribution is 6.32. The van der Waals surface area contributed by atoms with E-state index in [0.717, 1.165) is 0 Å². The van der Waals surface area contributed by atoms with Gasteiger partial charge in [-0.1, -0.05) is 11.6 Å². The molecule has 8 heteroatoms. The lowest BCUT2D eigenvalue weighted by molar-refractivity contribution is -0.114. The number of fused-ring (bicyclic) bond motifs is 1. The van der Waals surface area contributed by atoms with Crippen LogP contribution < -0.4 is 14.8 Å². The molecule has 0 unspecified atom stereocenters. The second-order valence-electron chi connectivity index (χ2n) is 6.08. The number of pyridine rings is 1. The smallest absolute Gasteiger partial charge is 0.240 e. The van der Waals surface area contributed by atoms with Crippen molar-refractivity contribution in [1.82, 2.24) is 4.98 Å². The van der Waals surface area contributed by atoms with Crippen molar-refractivity contribution in [1.29, 1.82) is 5.26 Å². The number of hydrogen-bond acceptors (Lipinski definition) is 6. The number of aromatic nitrogens is 1. The van der Waals surface area contributed by atoms with Crippen molar-refractivity contribution in [2.45, 2.75) is 26.5 Å². The third-order valence-electron chi connectivity index (χ3n) is 3.39. The van der Waals surface area contributed by atoms with Crippen LogP contribution in [0.5, 0.6) is 11.6 Å². The number of nitrogens with one attached hydrogen (secondary N) is 1. The Morgan fingerprint density at radius 2 is 2.15 bits per heavy atom. The van der Waals surface area contributed by atoms with E-state index in [4.69, 9.17) is 26.3 Å². The van der Waals surface area contributed by atoms with E-state index < -0.39 is 5.72 Å². The number of carbonyl (C=O) groups excluding carboxylic acids is 1. The van der Waals surface area contributed by atoms with Crippen molar-refractivity contribution in [3.8, 4) is 17.7 Å². The van der Waals surface area contributed by atoms with Crippen LogP contribution in [0.25, 0.3) is 0 Å². The van der Waals surface area contributed by atoms with E-state index in [1.807, 2.05) is 0 Å². The molecule has 2 heterocycles. The third kappa shape index (κ3) is 3.76. The van der Waals surface area contributed by atoms with Gasteiger partial charge in [0.05, 0.1) is 29.1 Å². The maximum absolute atomic E-state index is 11.1. The average Bonchev–Trinajstić information content (AvgIpc) is 2.55. The van der Waals surface area contributed by atoms with E-state index >= 15 is 0 Å². The van der Waals surface area contributed by atoms with Gasteiger partial charge >= 0.3 is 0 Å². The van der Waals surface area contributed by atoms with Gasteiger partial charge < -0.3 is 14.8 Å². The molecule has 1 amide bonds. The highest BCUT2D eigenvalue weighted by atomic mass is 35.5. The molecule has 132 valence electrons. The molecular formula is C18H15ClN4O3. The van der Waals surface area contributed by atoms with Crippen molar-refractivity contribution in [3.05, 3.63) is 46.6 Å². The van der Waals surface area contributed by atoms with E-state index in [9.17, 15) is 4.79 Å². The zero-order chi connectivity index (χ0) is 18.9. The van der Waals surface area contributed by atoms with Crippen LogP contribution in [0.2, 0.25) is 5.02 Å². The first-order chi connectivity index (χ1) is 12.3. The normalized spacial score (nSPS) is 14.3. The molecule has 26 heavy (non-hydrogen) atoms. The Morgan fingerprint density at radius 3 is 2.81 bits per heavy atom.